The van der Waals surface area contributed by atoms with E-state index in [2.05, 4.69) is 32.7 Å². The number of hydrogen-bond donors (Lipinski definition) is 2. The zero-order chi connectivity index (χ0) is 18.1. The van der Waals surface area contributed by atoms with Crippen molar-refractivity contribution in [3.8, 4) is 5.75 Å². The molecule has 26 heavy (non-hydrogen) atoms. The number of benzene rings is 1. The number of hydrogen-bond acceptors (Lipinski definition) is 5. The summed E-state index contributed by atoms with van der Waals surface area (Å²) >= 11 is 0. The maximum Gasteiger partial charge on any atom is 0.228 e. The van der Waals surface area contributed by atoms with Crippen molar-refractivity contribution in [1.82, 2.24) is 20.8 Å². The Morgan fingerprint density at radius 2 is 1.88 bits per heavy atom. The highest BCUT2D eigenvalue weighted by atomic mass is 127. The predicted octanol–water partition coefficient (Wildman–Crippen LogP) is 2.91. The van der Waals surface area contributed by atoms with Gasteiger partial charge in [0.1, 0.15) is 12.4 Å². The van der Waals surface area contributed by atoms with E-state index in [-0.39, 0.29) is 29.9 Å². The van der Waals surface area contributed by atoms with E-state index >= 15 is 0 Å². The summed E-state index contributed by atoms with van der Waals surface area (Å²) in [5.41, 5.74) is 1.22. The molecule has 2 N–H and O–H groups in total. The molecule has 0 amide bonds. The lowest BCUT2D eigenvalue weighted by molar-refractivity contribution is 0.322. The van der Waals surface area contributed by atoms with Crippen LogP contribution in [-0.2, 0) is 6.42 Å². The van der Waals surface area contributed by atoms with E-state index in [9.17, 15) is 0 Å². The van der Waals surface area contributed by atoms with Crippen LogP contribution >= 0.6 is 24.0 Å². The number of nitrogens with zero attached hydrogens (tertiary/aromatic N) is 3. The first-order valence-electron chi connectivity index (χ1n) is 8.55. The van der Waals surface area contributed by atoms with Gasteiger partial charge in [-0.1, -0.05) is 36.7 Å². The van der Waals surface area contributed by atoms with Crippen LogP contribution in [0.2, 0.25) is 0 Å². The van der Waals surface area contributed by atoms with Gasteiger partial charge in [0.2, 0.25) is 5.89 Å². The fraction of sp³-hybridized carbons (Fsp3) is 0.500. The van der Waals surface area contributed by atoms with Gasteiger partial charge in [0.15, 0.2) is 11.8 Å². The first-order chi connectivity index (χ1) is 12.1. The Balaban J connectivity index is 0.00000338. The molecular formula is C18H28IN5O2. The summed E-state index contributed by atoms with van der Waals surface area (Å²) in [6.07, 6.45) is 0.653. The third-order valence-corrected chi connectivity index (χ3v) is 3.54. The smallest absolute Gasteiger partial charge is 0.228 e. The molecule has 1 aromatic carbocycles. The summed E-state index contributed by atoms with van der Waals surface area (Å²) in [5.74, 6) is 3.23. The van der Waals surface area contributed by atoms with Crippen LogP contribution in [0.25, 0.3) is 0 Å². The van der Waals surface area contributed by atoms with Gasteiger partial charge in [0.25, 0.3) is 0 Å². The van der Waals surface area contributed by atoms with Crippen molar-refractivity contribution in [1.29, 1.82) is 0 Å². The van der Waals surface area contributed by atoms with E-state index in [0.717, 1.165) is 17.5 Å². The number of aromatic nitrogens is 2. The molecule has 144 valence electrons. The van der Waals surface area contributed by atoms with Crippen molar-refractivity contribution in [2.75, 3.05) is 26.7 Å². The highest BCUT2D eigenvalue weighted by molar-refractivity contribution is 14.0. The largest absolute Gasteiger partial charge is 0.492 e. The zero-order valence-corrected chi connectivity index (χ0v) is 18.1. The molecule has 2 aromatic rings. The highest BCUT2D eigenvalue weighted by Gasteiger charge is 2.09. The molecule has 0 bridgehead atoms. The molecule has 0 radical (unpaired) electrons. The Bertz CT molecular complexity index is 670. The second-order valence-corrected chi connectivity index (χ2v) is 6.04. The van der Waals surface area contributed by atoms with Crippen LogP contribution in [-0.4, -0.2) is 42.8 Å². The number of aryl methyl sites for hydroxylation is 1. The van der Waals surface area contributed by atoms with Crippen LogP contribution < -0.4 is 15.4 Å². The van der Waals surface area contributed by atoms with Gasteiger partial charge in [0, 0.05) is 25.9 Å². The maximum absolute atomic E-state index is 5.68. The second kappa shape index (κ2) is 11.7. The fourth-order valence-corrected chi connectivity index (χ4v) is 2.09. The van der Waals surface area contributed by atoms with Crippen molar-refractivity contribution in [3.63, 3.8) is 0 Å². The van der Waals surface area contributed by atoms with Crippen LogP contribution in [0.4, 0.5) is 0 Å². The van der Waals surface area contributed by atoms with E-state index in [1.807, 2.05) is 38.1 Å². The van der Waals surface area contributed by atoms with Gasteiger partial charge in [-0.05, 0) is 19.1 Å². The van der Waals surface area contributed by atoms with E-state index in [1.54, 1.807) is 7.05 Å². The summed E-state index contributed by atoms with van der Waals surface area (Å²) in [6.45, 7) is 8.02. The number of rotatable bonds is 8. The minimum absolute atomic E-state index is 0. The molecular weight excluding hydrogens is 445 g/mol. The Kier molecular flexibility index (Phi) is 10.0. The molecule has 1 heterocycles. The van der Waals surface area contributed by atoms with Crippen LogP contribution in [0.15, 0.2) is 33.8 Å². The molecule has 0 fully saturated rings. The highest BCUT2D eigenvalue weighted by Crippen LogP contribution is 2.11. The number of nitrogens with one attached hydrogen (secondary N) is 2. The molecule has 1 aromatic heterocycles. The first-order valence-corrected chi connectivity index (χ1v) is 8.55. The maximum atomic E-state index is 5.68. The van der Waals surface area contributed by atoms with E-state index in [0.29, 0.717) is 32.0 Å². The zero-order valence-electron chi connectivity index (χ0n) is 15.8. The summed E-state index contributed by atoms with van der Waals surface area (Å²) < 4.78 is 10.9. The monoisotopic (exact) mass is 473 g/mol. The predicted molar refractivity (Wildman–Crippen MR) is 114 cm³/mol. The number of ether oxygens (including phenoxy) is 1. The Hall–Kier alpha value is -1.84. The van der Waals surface area contributed by atoms with Crippen molar-refractivity contribution in [2.24, 2.45) is 4.99 Å². The Morgan fingerprint density at radius 3 is 2.50 bits per heavy atom. The molecule has 0 aliphatic carbocycles. The summed E-state index contributed by atoms with van der Waals surface area (Å²) in [4.78, 5) is 8.53. The minimum Gasteiger partial charge on any atom is -0.492 e. The molecule has 0 aliphatic rings. The average Bonchev–Trinajstić information content (AvgIpc) is 3.08. The van der Waals surface area contributed by atoms with Crippen LogP contribution in [0.3, 0.4) is 0 Å². The minimum atomic E-state index is 0. The molecule has 0 saturated carbocycles. The SMILES string of the molecule is CN=C(NCCOc1ccc(C)cc1)NCCc1nc(C(C)C)no1.I. The molecule has 0 saturated heterocycles. The summed E-state index contributed by atoms with van der Waals surface area (Å²) in [5, 5.41) is 10.4. The van der Waals surface area contributed by atoms with Gasteiger partial charge in [0.05, 0.1) is 6.54 Å². The van der Waals surface area contributed by atoms with Crippen molar-refractivity contribution >= 4 is 29.9 Å². The van der Waals surface area contributed by atoms with E-state index < -0.39 is 0 Å². The third kappa shape index (κ3) is 7.59. The third-order valence-electron chi connectivity index (χ3n) is 3.54. The standard InChI is InChI=1S/C18H27N5O2.HI/c1-13(2)17-22-16(25-23-17)9-10-20-18(19-4)21-11-12-24-15-7-5-14(3)6-8-15;/h5-8,13H,9-12H2,1-4H3,(H2,19,20,21);1H. The fourth-order valence-electron chi connectivity index (χ4n) is 2.09. The lowest BCUT2D eigenvalue weighted by Crippen LogP contribution is -2.40. The van der Waals surface area contributed by atoms with Gasteiger partial charge < -0.3 is 19.9 Å². The summed E-state index contributed by atoms with van der Waals surface area (Å²) in [6, 6.07) is 8.01. The molecule has 7 nitrogen and oxygen atoms in total. The van der Waals surface area contributed by atoms with Crippen LogP contribution in [0.5, 0.6) is 5.75 Å². The van der Waals surface area contributed by atoms with Gasteiger partial charge in [-0.15, -0.1) is 24.0 Å². The molecule has 0 atom stereocenters. The lowest BCUT2D eigenvalue weighted by Gasteiger charge is -2.12. The Labute approximate surface area is 172 Å². The molecule has 8 heteroatoms. The molecule has 0 aliphatic heterocycles. The van der Waals surface area contributed by atoms with Gasteiger partial charge in [-0.25, -0.2) is 0 Å². The average molecular weight is 473 g/mol. The number of halogens is 1. The normalized spacial score (nSPS) is 11.2. The quantitative estimate of drug-likeness (QED) is 0.266. The van der Waals surface area contributed by atoms with Gasteiger partial charge >= 0.3 is 0 Å². The number of guanidine groups is 1. The van der Waals surface area contributed by atoms with Crippen molar-refractivity contribution < 1.29 is 9.26 Å². The first kappa shape index (κ1) is 22.2. The van der Waals surface area contributed by atoms with Gasteiger partial charge in [-0.3, -0.25) is 4.99 Å². The number of aliphatic imine (C=N–C) groups is 1. The molecule has 0 spiro atoms. The molecule has 0 unspecified atom stereocenters. The van der Waals surface area contributed by atoms with E-state index in [1.165, 1.54) is 5.56 Å². The van der Waals surface area contributed by atoms with E-state index in [4.69, 9.17) is 9.26 Å². The van der Waals surface area contributed by atoms with Crippen molar-refractivity contribution in [2.45, 2.75) is 33.1 Å². The van der Waals surface area contributed by atoms with Gasteiger partial charge in [-0.2, -0.15) is 4.98 Å². The summed E-state index contributed by atoms with van der Waals surface area (Å²) in [7, 11) is 1.74. The topological polar surface area (TPSA) is 84.6 Å². The lowest BCUT2D eigenvalue weighted by atomic mass is 10.2. The van der Waals surface area contributed by atoms with Crippen LogP contribution in [0.1, 0.15) is 37.0 Å². The van der Waals surface area contributed by atoms with Crippen molar-refractivity contribution in [3.05, 3.63) is 41.5 Å². The Morgan fingerprint density at radius 1 is 1.19 bits per heavy atom. The second-order valence-electron chi connectivity index (χ2n) is 6.04. The molecule has 2 rings (SSSR count). The van der Waals surface area contributed by atoms with Crippen LogP contribution in [0, 0.1) is 6.92 Å².